The number of para-hydroxylation sites is 1. The predicted octanol–water partition coefficient (Wildman–Crippen LogP) is 2.06. The van der Waals surface area contributed by atoms with Crippen molar-refractivity contribution in [3.05, 3.63) is 71.2 Å². The van der Waals surface area contributed by atoms with E-state index in [2.05, 4.69) is 0 Å². The highest BCUT2D eigenvalue weighted by atomic mass is 32.1. The number of hydrogen-bond acceptors (Lipinski definition) is 7. The van der Waals surface area contributed by atoms with Gasteiger partial charge in [-0.25, -0.2) is 0 Å². The van der Waals surface area contributed by atoms with Gasteiger partial charge in [0.2, 0.25) is 5.78 Å². The Bertz CT molecular complexity index is 1230. The minimum atomic E-state index is -1.50. The van der Waals surface area contributed by atoms with E-state index < -0.39 is 37.3 Å². The number of thiophene rings is 1. The molecule has 160 valence electrons. The summed E-state index contributed by atoms with van der Waals surface area (Å²) in [6.07, 6.45) is -4.91. The maximum Gasteiger partial charge on any atom is 0.205 e. The van der Waals surface area contributed by atoms with Crippen LogP contribution in [0.1, 0.15) is 21.5 Å². The van der Waals surface area contributed by atoms with Gasteiger partial charge in [-0.3, -0.25) is 4.79 Å². The molecule has 0 spiro atoms. The van der Waals surface area contributed by atoms with Gasteiger partial charge in [0.05, 0.1) is 17.0 Å². The van der Waals surface area contributed by atoms with Crippen LogP contribution < -0.4 is 0 Å². The van der Waals surface area contributed by atoms with E-state index in [-0.39, 0.29) is 5.78 Å². The van der Waals surface area contributed by atoms with Crippen LogP contribution in [0.3, 0.4) is 0 Å². The second-order valence-electron chi connectivity index (χ2n) is 7.66. The summed E-state index contributed by atoms with van der Waals surface area (Å²) in [6.45, 7) is -0.520. The van der Waals surface area contributed by atoms with E-state index in [4.69, 9.17) is 4.74 Å². The molecule has 0 amide bonds. The summed E-state index contributed by atoms with van der Waals surface area (Å²) in [5.74, 6) is -0.152. The molecule has 0 unspecified atom stereocenters. The van der Waals surface area contributed by atoms with E-state index in [0.29, 0.717) is 21.3 Å². The van der Waals surface area contributed by atoms with Gasteiger partial charge in [-0.05, 0) is 23.6 Å². The second-order valence-corrected chi connectivity index (χ2v) is 8.75. The van der Waals surface area contributed by atoms with Crippen LogP contribution >= 0.6 is 11.3 Å². The first-order valence-corrected chi connectivity index (χ1v) is 10.7. The topological polar surface area (TPSA) is 112 Å². The lowest BCUT2D eigenvalue weighted by molar-refractivity contribution is -0.250. The van der Waals surface area contributed by atoms with Gasteiger partial charge in [-0.15, -0.1) is 11.3 Å². The fraction of sp³-hybridized carbons (Fsp3) is 0.261. The number of nitrogens with zero attached hydrogens (tertiary/aromatic N) is 1. The van der Waals surface area contributed by atoms with Gasteiger partial charge in [0.1, 0.15) is 24.4 Å². The zero-order chi connectivity index (χ0) is 21.7. The molecule has 5 rings (SSSR count). The largest absolute Gasteiger partial charge is 0.394 e. The number of carbonyl (C=O) groups excluding carboxylic acids is 1. The summed E-state index contributed by atoms with van der Waals surface area (Å²) < 4.78 is 8.31. The normalized spacial score (nSPS) is 26.5. The number of benzene rings is 2. The van der Waals surface area contributed by atoms with E-state index in [0.717, 1.165) is 10.1 Å². The molecule has 4 N–H and O–H groups in total. The van der Waals surface area contributed by atoms with Crippen LogP contribution in [-0.2, 0) is 4.74 Å². The lowest BCUT2D eigenvalue weighted by Gasteiger charge is -2.40. The molecule has 0 radical (unpaired) electrons. The van der Waals surface area contributed by atoms with Crippen LogP contribution in [0.2, 0.25) is 0 Å². The highest BCUT2D eigenvalue weighted by Gasteiger charge is 2.44. The number of aromatic nitrogens is 1. The van der Waals surface area contributed by atoms with Crippen LogP contribution in [0.15, 0.2) is 60.8 Å². The van der Waals surface area contributed by atoms with Crippen molar-refractivity contribution in [2.24, 2.45) is 0 Å². The van der Waals surface area contributed by atoms with Crippen molar-refractivity contribution in [1.29, 1.82) is 0 Å². The number of rotatable bonds is 4. The molecular formula is C23H21NO6S. The fourth-order valence-electron chi connectivity index (χ4n) is 4.13. The van der Waals surface area contributed by atoms with Gasteiger partial charge in [0, 0.05) is 21.8 Å². The van der Waals surface area contributed by atoms with E-state index in [1.807, 2.05) is 42.5 Å². The third-order valence-electron chi connectivity index (χ3n) is 5.78. The van der Waals surface area contributed by atoms with Crippen LogP contribution in [0.25, 0.3) is 21.0 Å². The summed E-state index contributed by atoms with van der Waals surface area (Å²) >= 11 is 1.41. The molecule has 5 atom stereocenters. The minimum absolute atomic E-state index is 0.152. The van der Waals surface area contributed by atoms with Gasteiger partial charge in [-0.1, -0.05) is 36.4 Å². The van der Waals surface area contributed by atoms with Crippen LogP contribution in [0, 0.1) is 0 Å². The van der Waals surface area contributed by atoms with Crippen molar-refractivity contribution in [1.82, 2.24) is 4.57 Å². The highest BCUT2D eigenvalue weighted by molar-refractivity contribution is 7.21. The Morgan fingerprint density at radius 3 is 2.52 bits per heavy atom. The Morgan fingerprint density at radius 1 is 1.00 bits per heavy atom. The molecule has 1 saturated heterocycles. The average Bonchev–Trinajstić information content (AvgIpc) is 3.39. The molecule has 1 aliphatic rings. The standard InChI is InChI=1S/C23H21NO6S/c25-11-16-20(27)21(28)22(29)23(30-16)24-10-14(13-6-2-3-7-15(13)24)19(26)18-9-12-5-1-4-8-17(12)31-18/h1-10,16,20-23,25,27-29H,11H2/t16-,20-,21+,22-,23-/m1/s1. The quantitative estimate of drug-likeness (QED) is 0.362. The number of aliphatic hydroxyl groups excluding tert-OH is 4. The Labute approximate surface area is 181 Å². The lowest BCUT2D eigenvalue weighted by atomic mass is 9.98. The molecule has 1 fully saturated rings. The molecule has 0 bridgehead atoms. The summed E-state index contributed by atoms with van der Waals surface area (Å²) in [6, 6.07) is 16.9. The van der Waals surface area contributed by atoms with Gasteiger partial charge >= 0.3 is 0 Å². The van der Waals surface area contributed by atoms with Crippen molar-refractivity contribution in [2.45, 2.75) is 30.6 Å². The first kappa shape index (κ1) is 20.3. The zero-order valence-corrected chi connectivity index (χ0v) is 17.1. The number of fused-ring (bicyclic) bond motifs is 2. The summed E-state index contributed by atoms with van der Waals surface area (Å²) in [5.41, 5.74) is 1.08. The number of carbonyl (C=O) groups is 1. The van der Waals surface area contributed by atoms with Gasteiger partial charge < -0.3 is 29.7 Å². The van der Waals surface area contributed by atoms with E-state index >= 15 is 0 Å². The van der Waals surface area contributed by atoms with E-state index in [1.54, 1.807) is 22.9 Å². The highest BCUT2D eigenvalue weighted by Crippen LogP contribution is 2.35. The molecule has 4 aromatic rings. The molecular weight excluding hydrogens is 418 g/mol. The second kappa shape index (κ2) is 7.83. The fourth-order valence-corrected chi connectivity index (χ4v) is 5.15. The molecule has 0 aliphatic carbocycles. The van der Waals surface area contributed by atoms with Crippen molar-refractivity contribution < 1.29 is 30.0 Å². The maximum atomic E-state index is 13.4. The van der Waals surface area contributed by atoms with Crippen LogP contribution in [0.5, 0.6) is 0 Å². The first-order valence-electron chi connectivity index (χ1n) is 9.93. The van der Waals surface area contributed by atoms with Crippen molar-refractivity contribution in [3.8, 4) is 0 Å². The molecule has 8 heteroatoms. The molecule has 7 nitrogen and oxygen atoms in total. The zero-order valence-electron chi connectivity index (χ0n) is 16.3. The molecule has 2 aromatic heterocycles. The molecule has 1 aliphatic heterocycles. The molecule has 2 aromatic carbocycles. The monoisotopic (exact) mass is 439 g/mol. The Kier molecular flexibility index (Phi) is 5.13. The SMILES string of the molecule is O=C(c1cc2ccccc2s1)c1cn([C@@H]2O[C@H](CO)[C@@H](O)[C@H](O)[C@H]2O)c2ccccc12. The van der Waals surface area contributed by atoms with Gasteiger partial charge in [0.15, 0.2) is 6.23 Å². The summed E-state index contributed by atoms with van der Waals surface area (Å²) in [5, 5.41) is 42.1. The maximum absolute atomic E-state index is 13.4. The number of hydrogen-bond donors (Lipinski definition) is 4. The first-order chi connectivity index (χ1) is 15.0. The average molecular weight is 439 g/mol. The number of ether oxygens (including phenoxy) is 1. The smallest absolute Gasteiger partial charge is 0.205 e. The predicted molar refractivity (Wildman–Crippen MR) is 116 cm³/mol. The van der Waals surface area contributed by atoms with Crippen LogP contribution in [-0.4, -0.2) is 61.8 Å². The Hall–Kier alpha value is -2.59. The van der Waals surface area contributed by atoms with Crippen molar-refractivity contribution in [2.75, 3.05) is 6.61 Å². The Balaban J connectivity index is 1.61. The van der Waals surface area contributed by atoms with E-state index in [9.17, 15) is 25.2 Å². The number of aliphatic hydroxyl groups is 4. The lowest BCUT2D eigenvalue weighted by Crippen LogP contribution is -2.56. The minimum Gasteiger partial charge on any atom is -0.394 e. The molecule has 0 saturated carbocycles. The van der Waals surface area contributed by atoms with E-state index in [1.165, 1.54) is 11.3 Å². The summed E-state index contributed by atoms with van der Waals surface area (Å²) in [7, 11) is 0. The molecule has 3 heterocycles. The van der Waals surface area contributed by atoms with Gasteiger partial charge in [0.25, 0.3) is 0 Å². The Morgan fingerprint density at radius 2 is 1.74 bits per heavy atom. The third-order valence-corrected chi connectivity index (χ3v) is 6.89. The van der Waals surface area contributed by atoms with Gasteiger partial charge in [-0.2, -0.15) is 0 Å². The van der Waals surface area contributed by atoms with Crippen molar-refractivity contribution in [3.63, 3.8) is 0 Å². The molecule has 31 heavy (non-hydrogen) atoms. The third kappa shape index (κ3) is 3.28. The summed E-state index contributed by atoms with van der Waals surface area (Å²) in [4.78, 5) is 14.0. The van der Waals surface area contributed by atoms with Crippen molar-refractivity contribution >= 4 is 38.1 Å². The number of ketones is 1. The van der Waals surface area contributed by atoms with Crippen LogP contribution in [0.4, 0.5) is 0 Å².